The second-order valence-electron chi connectivity index (χ2n) is 4.39. The molecule has 0 aliphatic rings. The summed E-state index contributed by atoms with van der Waals surface area (Å²) in [6, 6.07) is 9.68. The molecule has 0 saturated carbocycles. The number of benzene rings is 1. The Kier molecular flexibility index (Phi) is 4.81. The molecular weight excluding hydrogens is 279 g/mol. The molecule has 2 aromatic rings. The van der Waals surface area contributed by atoms with Crippen LogP contribution in [0.4, 0.5) is 0 Å². The summed E-state index contributed by atoms with van der Waals surface area (Å²) in [6.45, 7) is 4.89. The van der Waals surface area contributed by atoms with Gasteiger partial charge in [0.2, 0.25) is 0 Å². The highest BCUT2D eigenvalue weighted by atomic mass is 35.5. The van der Waals surface area contributed by atoms with Gasteiger partial charge in [-0.2, -0.15) is 0 Å². The zero-order chi connectivity index (χ0) is 13.8. The first kappa shape index (κ1) is 14.3. The van der Waals surface area contributed by atoms with E-state index in [1.807, 2.05) is 31.3 Å². The van der Waals surface area contributed by atoms with Gasteiger partial charge >= 0.3 is 0 Å². The van der Waals surface area contributed by atoms with E-state index in [4.69, 9.17) is 23.2 Å². The lowest BCUT2D eigenvalue weighted by atomic mass is 10.00. The van der Waals surface area contributed by atoms with Gasteiger partial charge in [0.05, 0.1) is 6.04 Å². The Hall–Kier alpha value is -1.09. The van der Waals surface area contributed by atoms with E-state index in [0.717, 1.165) is 23.4 Å². The van der Waals surface area contributed by atoms with Gasteiger partial charge in [-0.15, -0.1) is 0 Å². The Labute approximate surface area is 123 Å². The zero-order valence-corrected chi connectivity index (χ0v) is 12.5. The van der Waals surface area contributed by atoms with Crippen LogP contribution in [0.25, 0.3) is 0 Å². The Morgan fingerprint density at radius 2 is 2.00 bits per heavy atom. The first-order valence-corrected chi connectivity index (χ1v) is 6.98. The van der Waals surface area contributed by atoms with Crippen LogP contribution in [0, 0.1) is 6.92 Å². The molecule has 0 aliphatic heterocycles. The minimum atomic E-state index is 0.0304. The van der Waals surface area contributed by atoms with Crippen LogP contribution in [0.3, 0.4) is 0 Å². The van der Waals surface area contributed by atoms with Gasteiger partial charge in [-0.25, -0.2) is 0 Å². The molecule has 0 bridgehead atoms. The van der Waals surface area contributed by atoms with Crippen molar-refractivity contribution >= 4 is 23.2 Å². The molecule has 1 aromatic heterocycles. The van der Waals surface area contributed by atoms with Crippen molar-refractivity contribution in [1.29, 1.82) is 0 Å². The van der Waals surface area contributed by atoms with Crippen LogP contribution in [0.15, 0.2) is 36.5 Å². The highest BCUT2D eigenvalue weighted by molar-refractivity contribution is 6.35. The molecule has 0 aliphatic carbocycles. The molecule has 1 atom stereocenters. The predicted octanol–water partition coefficient (Wildman–Crippen LogP) is 4.40. The van der Waals surface area contributed by atoms with Gasteiger partial charge < -0.3 is 5.32 Å². The first-order valence-electron chi connectivity index (χ1n) is 6.22. The summed E-state index contributed by atoms with van der Waals surface area (Å²) < 4.78 is 0. The summed E-state index contributed by atoms with van der Waals surface area (Å²) in [7, 11) is 0. The fourth-order valence-corrected chi connectivity index (χ4v) is 2.51. The van der Waals surface area contributed by atoms with Crippen molar-refractivity contribution in [2.45, 2.75) is 19.9 Å². The van der Waals surface area contributed by atoms with E-state index in [2.05, 4.69) is 23.3 Å². The maximum atomic E-state index is 6.30. The Morgan fingerprint density at radius 3 is 2.58 bits per heavy atom. The number of nitrogens with one attached hydrogen (secondary N) is 1. The molecule has 4 heteroatoms. The van der Waals surface area contributed by atoms with E-state index in [-0.39, 0.29) is 6.04 Å². The molecular formula is C15H16Cl2N2. The molecule has 1 N–H and O–H groups in total. The van der Waals surface area contributed by atoms with Gasteiger partial charge in [-0.05, 0) is 42.8 Å². The molecule has 0 spiro atoms. The molecule has 0 fully saturated rings. The van der Waals surface area contributed by atoms with Gasteiger partial charge in [0, 0.05) is 21.9 Å². The van der Waals surface area contributed by atoms with Crippen molar-refractivity contribution in [2.24, 2.45) is 0 Å². The number of hydrogen-bond acceptors (Lipinski definition) is 2. The summed E-state index contributed by atoms with van der Waals surface area (Å²) in [4.78, 5) is 4.35. The summed E-state index contributed by atoms with van der Waals surface area (Å²) in [5.74, 6) is 0. The Morgan fingerprint density at radius 1 is 1.21 bits per heavy atom. The third-order valence-corrected chi connectivity index (χ3v) is 3.51. The summed E-state index contributed by atoms with van der Waals surface area (Å²) in [6.07, 6.45) is 1.88. The van der Waals surface area contributed by atoms with Gasteiger partial charge in [0.1, 0.15) is 0 Å². The van der Waals surface area contributed by atoms with Crippen molar-refractivity contribution < 1.29 is 0 Å². The highest BCUT2D eigenvalue weighted by Gasteiger charge is 2.16. The lowest BCUT2D eigenvalue weighted by Gasteiger charge is -2.20. The lowest BCUT2D eigenvalue weighted by molar-refractivity contribution is 0.628. The average Bonchev–Trinajstić information content (AvgIpc) is 2.38. The molecule has 1 heterocycles. The second-order valence-corrected chi connectivity index (χ2v) is 5.23. The second kappa shape index (κ2) is 6.38. The van der Waals surface area contributed by atoms with Crippen LogP contribution in [-0.4, -0.2) is 11.5 Å². The summed E-state index contributed by atoms with van der Waals surface area (Å²) >= 11 is 12.2. The van der Waals surface area contributed by atoms with Crippen LogP contribution in [0.5, 0.6) is 0 Å². The molecule has 0 amide bonds. The third kappa shape index (κ3) is 3.47. The summed E-state index contributed by atoms with van der Waals surface area (Å²) in [5.41, 5.74) is 3.11. The lowest BCUT2D eigenvalue weighted by Crippen LogP contribution is -2.22. The zero-order valence-electron chi connectivity index (χ0n) is 11.0. The maximum Gasteiger partial charge on any atom is 0.0606 e. The molecule has 0 saturated heterocycles. The molecule has 0 radical (unpaired) electrons. The van der Waals surface area contributed by atoms with Crippen LogP contribution in [0.2, 0.25) is 10.0 Å². The van der Waals surface area contributed by atoms with Crippen LogP contribution < -0.4 is 5.32 Å². The standard InChI is InChI=1S/C15H16Cl2N2/c1-3-18-15(11-5-4-10(2)19-9-11)13-7-6-12(16)8-14(13)17/h4-9,15,18H,3H2,1-2H3. The molecule has 2 rings (SSSR count). The van der Waals surface area contributed by atoms with Gasteiger partial charge in [-0.1, -0.05) is 42.3 Å². The normalized spacial score (nSPS) is 12.4. The van der Waals surface area contributed by atoms with E-state index in [0.29, 0.717) is 10.0 Å². The highest BCUT2D eigenvalue weighted by Crippen LogP contribution is 2.30. The van der Waals surface area contributed by atoms with Crippen molar-refractivity contribution in [3.8, 4) is 0 Å². The first-order chi connectivity index (χ1) is 9.11. The molecule has 19 heavy (non-hydrogen) atoms. The van der Waals surface area contributed by atoms with Crippen LogP contribution in [0.1, 0.15) is 29.8 Å². The molecule has 100 valence electrons. The van der Waals surface area contributed by atoms with E-state index in [1.165, 1.54) is 0 Å². The maximum absolute atomic E-state index is 6.30. The number of hydrogen-bond donors (Lipinski definition) is 1. The number of aryl methyl sites for hydroxylation is 1. The number of nitrogens with zero attached hydrogens (tertiary/aromatic N) is 1. The third-order valence-electron chi connectivity index (χ3n) is 2.95. The van der Waals surface area contributed by atoms with E-state index in [1.54, 1.807) is 6.07 Å². The molecule has 2 nitrogen and oxygen atoms in total. The SMILES string of the molecule is CCNC(c1ccc(C)nc1)c1ccc(Cl)cc1Cl. The molecule has 1 unspecified atom stereocenters. The van der Waals surface area contributed by atoms with E-state index < -0.39 is 0 Å². The minimum absolute atomic E-state index is 0.0304. The monoisotopic (exact) mass is 294 g/mol. The van der Waals surface area contributed by atoms with Crippen LogP contribution in [-0.2, 0) is 0 Å². The van der Waals surface area contributed by atoms with Crippen LogP contribution >= 0.6 is 23.2 Å². The predicted molar refractivity (Wildman–Crippen MR) is 81.0 cm³/mol. The van der Waals surface area contributed by atoms with Crippen molar-refractivity contribution in [2.75, 3.05) is 6.54 Å². The smallest absolute Gasteiger partial charge is 0.0606 e. The van der Waals surface area contributed by atoms with Crippen molar-refractivity contribution in [3.63, 3.8) is 0 Å². The van der Waals surface area contributed by atoms with Gasteiger partial charge in [0.25, 0.3) is 0 Å². The quantitative estimate of drug-likeness (QED) is 0.904. The Bertz CT molecular complexity index is 553. The van der Waals surface area contributed by atoms with Gasteiger partial charge in [-0.3, -0.25) is 4.98 Å². The number of rotatable bonds is 4. The summed E-state index contributed by atoms with van der Waals surface area (Å²) in [5, 5.41) is 4.74. The van der Waals surface area contributed by atoms with Crippen molar-refractivity contribution in [3.05, 3.63) is 63.4 Å². The fourth-order valence-electron chi connectivity index (χ4n) is 2.00. The number of pyridine rings is 1. The number of halogens is 2. The Balaban J connectivity index is 2.41. The largest absolute Gasteiger partial charge is 0.306 e. The van der Waals surface area contributed by atoms with E-state index in [9.17, 15) is 0 Å². The topological polar surface area (TPSA) is 24.9 Å². The van der Waals surface area contributed by atoms with E-state index >= 15 is 0 Å². The molecule has 1 aromatic carbocycles. The minimum Gasteiger partial charge on any atom is -0.306 e. The average molecular weight is 295 g/mol. The number of aromatic nitrogens is 1. The van der Waals surface area contributed by atoms with Gasteiger partial charge in [0.15, 0.2) is 0 Å². The van der Waals surface area contributed by atoms with Crippen molar-refractivity contribution in [1.82, 2.24) is 10.3 Å². The fraction of sp³-hybridized carbons (Fsp3) is 0.267.